The van der Waals surface area contributed by atoms with Crippen molar-refractivity contribution in [2.45, 2.75) is 26.3 Å². The minimum Gasteiger partial charge on any atom is -0.480 e. The number of aliphatic carboxylic acids is 1. The lowest BCUT2D eigenvalue weighted by atomic mass is 10.1. The van der Waals surface area contributed by atoms with Gasteiger partial charge in [0.1, 0.15) is 6.04 Å². The molecule has 0 aromatic heterocycles. The van der Waals surface area contributed by atoms with Crippen LogP contribution in [-0.2, 0) is 16.0 Å². The third kappa shape index (κ3) is 4.04. The van der Waals surface area contributed by atoms with Crippen molar-refractivity contribution in [3.05, 3.63) is 35.4 Å². The van der Waals surface area contributed by atoms with Gasteiger partial charge in [0.25, 0.3) is 0 Å². The summed E-state index contributed by atoms with van der Waals surface area (Å²) in [6.45, 7) is 6.14. The second kappa shape index (κ2) is 6.72. The SMILES string of the molecule is Cc1ccc(CC(=O)N2CCN(C(C)C(=O)O)CC2)cc1. The van der Waals surface area contributed by atoms with Gasteiger partial charge in [-0.2, -0.15) is 0 Å². The summed E-state index contributed by atoms with van der Waals surface area (Å²) in [5, 5.41) is 9.00. The first-order valence-electron chi connectivity index (χ1n) is 7.27. The Morgan fingerprint density at radius 1 is 1.14 bits per heavy atom. The predicted molar refractivity (Wildman–Crippen MR) is 80.1 cm³/mol. The third-order valence-corrected chi connectivity index (χ3v) is 4.05. The van der Waals surface area contributed by atoms with Crippen LogP contribution >= 0.6 is 0 Å². The van der Waals surface area contributed by atoms with E-state index in [-0.39, 0.29) is 5.91 Å². The molecule has 114 valence electrons. The lowest BCUT2D eigenvalue weighted by Crippen LogP contribution is -2.53. The van der Waals surface area contributed by atoms with Crippen molar-refractivity contribution >= 4 is 11.9 Å². The van der Waals surface area contributed by atoms with Gasteiger partial charge in [-0.3, -0.25) is 14.5 Å². The molecule has 1 amide bonds. The zero-order valence-corrected chi connectivity index (χ0v) is 12.6. The molecule has 1 aromatic rings. The fourth-order valence-electron chi connectivity index (χ4n) is 2.51. The second-order valence-electron chi connectivity index (χ2n) is 5.59. The molecule has 1 saturated heterocycles. The molecule has 0 aliphatic carbocycles. The van der Waals surface area contributed by atoms with Crippen molar-refractivity contribution in [3.8, 4) is 0 Å². The van der Waals surface area contributed by atoms with Gasteiger partial charge in [0.05, 0.1) is 6.42 Å². The molecule has 1 atom stereocenters. The van der Waals surface area contributed by atoms with Crippen molar-refractivity contribution in [3.63, 3.8) is 0 Å². The van der Waals surface area contributed by atoms with Crippen LogP contribution in [-0.4, -0.2) is 59.0 Å². The van der Waals surface area contributed by atoms with E-state index in [4.69, 9.17) is 5.11 Å². The van der Waals surface area contributed by atoms with Crippen molar-refractivity contribution in [2.75, 3.05) is 26.2 Å². The van der Waals surface area contributed by atoms with Crippen LogP contribution in [0, 0.1) is 6.92 Å². The van der Waals surface area contributed by atoms with Crippen LogP contribution in [0.25, 0.3) is 0 Å². The molecule has 1 aromatic carbocycles. The molecular weight excluding hydrogens is 268 g/mol. The topological polar surface area (TPSA) is 60.9 Å². The summed E-state index contributed by atoms with van der Waals surface area (Å²) in [4.78, 5) is 26.9. The number of hydrogen-bond donors (Lipinski definition) is 1. The number of carbonyl (C=O) groups is 2. The number of carboxylic acids is 1. The highest BCUT2D eigenvalue weighted by atomic mass is 16.4. The van der Waals surface area contributed by atoms with Crippen molar-refractivity contribution in [1.29, 1.82) is 0 Å². The molecule has 5 nitrogen and oxygen atoms in total. The van der Waals surface area contributed by atoms with Gasteiger partial charge in [-0.15, -0.1) is 0 Å². The summed E-state index contributed by atoms with van der Waals surface area (Å²) in [7, 11) is 0. The van der Waals surface area contributed by atoms with E-state index in [2.05, 4.69) is 0 Å². The first kappa shape index (κ1) is 15.5. The summed E-state index contributed by atoms with van der Waals surface area (Å²) in [5.74, 6) is -0.698. The molecule has 1 aliphatic rings. The largest absolute Gasteiger partial charge is 0.480 e. The summed E-state index contributed by atoms with van der Waals surface area (Å²) < 4.78 is 0. The maximum Gasteiger partial charge on any atom is 0.320 e. The van der Waals surface area contributed by atoms with Gasteiger partial charge < -0.3 is 10.0 Å². The predicted octanol–water partition coefficient (Wildman–Crippen LogP) is 1.15. The van der Waals surface area contributed by atoms with E-state index >= 15 is 0 Å². The summed E-state index contributed by atoms with van der Waals surface area (Å²) in [5.41, 5.74) is 2.20. The number of carbonyl (C=O) groups excluding carboxylic acids is 1. The van der Waals surface area contributed by atoms with Crippen LogP contribution < -0.4 is 0 Å². The molecule has 0 bridgehead atoms. The monoisotopic (exact) mass is 290 g/mol. The number of benzene rings is 1. The normalized spacial score (nSPS) is 17.5. The average molecular weight is 290 g/mol. The van der Waals surface area contributed by atoms with Crippen LogP contribution in [0.2, 0.25) is 0 Å². The Morgan fingerprint density at radius 2 is 1.71 bits per heavy atom. The van der Waals surface area contributed by atoms with Crippen molar-refractivity contribution < 1.29 is 14.7 Å². The van der Waals surface area contributed by atoms with E-state index < -0.39 is 12.0 Å². The zero-order valence-electron chi connectivity index (χ0n) is 12.6. The van der Waals surface area contributed by atoms with Gasteiger partial charge in [-0.05, 0) is 19.4 Å². The van der Waals surface area contributed by atoms with Gasteiger partial charge in [0.15, 0.2) is 0 Å². The highest BCUT2D eigenvalue weighted by Gasteiger charge is 2.26. The first-order valence-corrected chi connectivity index (χ1v) is 7.27. The molecule has 2 rings (SSSR count). The number of hydrogen-bond acceptors (Lipinski definition) is 3. The molecule has 0 saturated carbocycles. The van der Waals surface area contributed by atoms with Gasteiger partial charge in [0.2, 0.25) is 5.91 Å². The molecule has 5 heteroatoms. The third-order valence-electron chi connectivity index (χ3n) is 4.05. The maximum absolute atomic E-state index is 12.3. The van der Waals surface area contributed by atoms with Gasteiger partial charge in [0, 0.05) is 26.2 Å². The number of amides is 1. The maximum atomic E-state index is 12.3. The lowest BCUT2D eigenvalue weighted by Gasteiger charge is -2.36. The summed E-state index contributed by atoms with van der Waals surface area (Å²) in [6.07, 6.45) is 0.411. The minimum absolute atomic E-state index is 0.112. The van der Waals surface area contributed by atoms with E-state index in [1.54, 1.807) is 6.92 Å². The van der Waals surface area contributed by atoms with E-state index in [9.17, 15) is 9.59 Å². The van der Waals surface area contributed by atoms with E-state index in [1.165, 1.54) is 5.56 Å². The Hall–Kier alpha value is -1.88. The van der Waals surface area contributed by atoms with Crippen molar-refractivity contribution in [1.82, 2.24) is 9.80 Å². The Labute approximate surface area is 125 Å². The molecule has 1 fully saturated rings. The van der Waals surface area contributed by atoms with Gasteiger partial charge >= 0.3 is 5.97 Å². The minimum atomic E-state index is -0.811. The highest BCUT2D eigenvalue weighted by molar-refractivity contribution is 5.79. The average Bonchev–Trinajstić information content (AvgIpc) is 2.49. The molecule has 1 unspecified atom stereocenters. The smallest absolute Gasteiger partial charge is 0.320 e. The molecule has 1 N–H and O–H groups in total. The van der Waals surface area contributed by atoms with E-state index in [0.717, 1.165) is 5.56 Å². The van der Waals surface area contributed by atoms with Crippen LogP contribution in [0.3, 0.4) is 0 Å². The number of nitrogens with zero attached hydrogens (tertiary/aromatic N) is 2. The highest BCUT2D eigenvalue weighted by Crippen LogP contribution is 2.10. The Kier molecular flexibility index (Phi) is 4.96. The Bertz CT molecular complexity index is 505. The second-order valence-corrected chi connectivity index (χ2v) is 5.59. The zero-order chi connectivity index (χ0) is 15.4. The number of carboxylic acid groups (broad SMARTS) is 1. The standard InChI is InChI=1S/C16H22N2O3/c1-12-3-5-14(6-4-12)11-15(19)18-9-7-17(8-10-18)13(2)16(20)21/h3-6,13H,7-11H2,1-2H3,(H,20,21). The molecule has 1 heterocycles. The number of aryl methyl sites for hydroxylation is 1. The molecule has 21 heavy (non-hydrogen) atoms. The fourth-order valence-corrected chi connectivity index (χ4v) is 2.51. The van der Waals surface area contributed by atoms with Gasteiger partial charge in [-0.1, -0.05) is 29.8 Å². The van der Waals surface area contributed by atoms with E-state index in [0.29, 0.717) is 32.6 Å². The summed E-state index contributed by atoms with van der Waals surface area (Å²) >= 11 is 0. The van der Waals surface area contributed by atoms with Crippen LogP contribution in [0.5, 0.6) is 0 Å². The molecule has 0 radical (unpaired) electrons. The van der Waals surface area contributed by atoms with Gasteiger partial charge in [-0.25, -0.2) is 0 Å². The van der Waals surface area contributed by atoms with Crippen LogP contribution in [0.1, 0.15) is 18.1 Å². The first-order chi connectivity index (χ1) is 9.97. The Balaban J connectivity index is 1.85. The van der Waals surface area contributed by atoms with Crippen LogP contribution in [0.15, 0.2) is 24.3 Å². The summed E-state index contributed by atoms with van der Waals surface area (Å²) in [6, 6.07) is 7.50. The molecule has 0 spiro atoms. The fraction of sp³-hybridized carbons (Fsp3) is 0.500. The number of rotatable bonds is 4. The molecule has 1 aliphatic heterocycles. The lowest BCUT2D eigenvalue weighted by molar-refractivity contribution is -0.144. The molecular formula is C16H22N2O3. The van der Waals surface area contributed by atoms with E-state index in [1.807, 2.05) is 41.0 Å². The van der Waals surface area contributed by atoms with Crippen LogP contribution in [0.4, 0.5) is 0 Å². The Morgan fingerprint density at radius 3 is 2.24 bits per heavy atom. The number of piperazine rings is 1. The van der Waals surface area contributed by atoms with Crippen molar-refractivity contribution in [2.24, 2.45) is 0 Å². The quantitative estimate of drug-likeness (QED) is 0.904.